The molecule has 0 aromatic heterocycles. The highest BCUT2D eigenvalue weighted by Crippen LogP contribution is 2.32. The molecule has 7 heteroatoms. The molecule has 7 nitrogen and oxygen atoms in total. The van der Waals surface area contributed by atoms with Crippen molar-refractivity contribution in [3.05, 3.63) is 34.9 Å². The van der Waals surface area contributed by atoms with Crippen molar-refractivity contribution in [3.8, 4) is 0 Å². The summed E-state index contributed by atoms with van der Waals surface area (Å²) in [7, 11) is 0. The summed E-state index contributed by atoms with van der Waals surface area (Å²) in [6.07, 6.45) is 2.72. The number of amides is 3. The molecule has 1 aromatic carbocycles. The van der Waals surface area contributed by atoms with E-state index in [0.29, 0.717) is 13.0 Å². The Balaban J connectivity index is 3.54. The van der Waals surface area contributed by atoms with E-state index in [1.807, 2.05) is 66.7 Å². The Morgan fingerprint density at radius 1 is 0.973 bits per heavy atom. The topological polar surface area (TPSA) is 87.7 Å². The Hall–Kier alpha value is -2.57. The molecule has 0 spiro atoms. The molecule has 0 bridgehead atoms. The Labute approximate surface area is 225 Å². The minimum atomic E-state index is -0.844. The first-order chi connectivity index (χ1) is 17.0. The van der Waals surface area contributed by atoms with Gasteiger partial charge in [0.1, 0.15) is 17.7 Å². The Morgan fingerprint density at radius 2 is 1.59 bits per heavy atom. The lowest BCUT2D eigenvalue weighted by Crippen LogP contribution is -2.58. The third-order valence-corrected chi connectivity index (χ3v) is 6.09. The van der Waals surface area contributed by atoms with Crippen LogP contribution in [0, 0.1) is 19.8 Å². The van der Waals surface area contributed by atoms with E-state index in [4.69, 9.17) is 4.74 Å². The number of nitrogens with zero attached hydrogens (tertiary/aromatic N) is 1. The third kappa shape index (κ3) is 10.7. The summed E-state index contributed by atoms with van der Waals surface area (Å²) >= 11 is 0. The zero-order valence-corrected chi connectivity index (χ0v) is 25.1. The van der Waals surface area contributed by atoms with Crippen molar-refractivity contribution in [1.29, 1.82) is 0 Å². The van der Waals surface area contributed by atoms with Crippen LogP contribution in [-0.2, 0) is 14.3 Å². The number of hydrogen-bond donors (Lipinski definition) is 2. The number of alkyl carbamates (subject to hydrolysis) is 1. The van der Waals surface area contributed by atoms with Gasteiger partial charge in [-0.25, -0.2) is 4.79 Å². The van der Waals surface area contributed by atoms with Crippen molar-refractivity contribution >= 4 is 17.9 Å². The number of unbranched alkanes of at least 4 members (excludes halogenated alkanes) is 2. The van der Waals surface area contributed by atoms with Crippen LogP contribution in [-0.4, -0.2) is 46.5 Å². The number of aryl methyl sites for hydroxylation is 2. The maximum Gasteiger partial charge on any atom is 0.408 e. The number of carbonyl (C=O) groups is 3. The molecule has 210 valence electrons. The van der Waals surface area contributed by atoms with Gasteiger partial charge in [-0.3, -0.25) is 9.59 Å². The molecule has 0 saturated heterocycles. The SMILES string of the molecule is CCCCCNC(=O)C(c1ccc(C)c(C)c1)N(C(=O)C(CC(C)C)NC(=O)OC(C)(C)C)C(C)(C)C. The van der Waals surface area contributed by atoms with Crippen LogP contribution in [0.3, 0.4) is 0 Å². The molecule has 2 atom stereocenters. The van der Waals surface area contributed by atoms with Gasteiger partial charge >= 0.3 is 6.09 Å². The number of ether oxygens (including phenoxy) is 1. The van der Waals surface area contributed by atoms with Crippen LogP contribution in [0.5, 0.6) is 0 Å². The fourth-order valence-electron chi connectivity index (χ4n) is 4.19. The quantitative estimate of drug-likeness (QED) is 0.341. The average Bonchev–Trinajstić information content (AvgIpc) is 2.73. The average molecular weight is 518 g/mol. The number of carbonyl (C=O) groups excluding carboxylic acids is 3. The molecule has 1 rings (SSSR count). The van der Waals surface area contributed by atoms with Crippen molar-refractivity contribution in [3.63, 3.8) is 0 Å². The van der Waals surface area contributed by atoms with E-state index in [0.717, 1.165) is 36.0 Å². The van der Waals surface area contributed by atoms with Crippen LogP contribution in [0.15, 0.2) is 18.2 Å². The summed E-state index contributed by atoms with van der Waals surface area (Å²) in [4.78, 5) is 42.3. The van der Waals surface area contributed by atoms with Crippen molar-refractivity contribution in [1.82, 2.24) is 15.5 Å². The van der Waals surface area contributed by atoms with Gasteiger partial charge < -0.3 is 20.3 Å². The molecule has 37 heavy (non-hydrogen) atoms. The first kappa shape index (κ1) is 32.5. The van der Waals surface area contributed by atoms with Gasteiger partial charge in [0.05, 0.1) is 0 Å². The van der Waals surface area contributed by atoms with Gasteiger partial charge in [0.25, 0.3) is 0 Å². The number of rotatable bonds is 11. The second-order valence-electron chi connectivity index (χ2n) is 12.5. The van der Waals surface area contributed by atoms with E-state index in [1.165, 1.54) is 0 Å². The fraction of sp³-hybridized carbons (Fsp3) is 0.700. The largest absolute Gasteiger partial charge is 0.444 e. The van der Waals surface area contributed by atoms with Crippen LogP contribution in [0.4, 0.5) is 4.79 Å². The third-order valence-electron chi connectivity index (χ3n) is 6.09. The van der Waals surface area contributed by atoms with Crippen LogP contribution >= 0.6 is 0 Å². The Bertz CT molecular complexity index is 912. The Kier molecular flexibility index (Phi) is 12.1. The predicted octanol–water partition coefficient (Wildman–Crippen LogP) is 6.22. The molecular weight excluding hydrogens is 466 g/mol. The van der Waals surface area contributed by atoms with Crippen LogP contribution in [0.1, 0.15) is 111 Å². The van der Waals surface area contributed by atoms with E-state index in [2.05, 4.69) is 17.6 Å². The highest BCUT2D eigenvalue weighted by molar-refractivity contribution is 5.92. The van der Waals surface area contributed by atoms with E-state index < -0.39 is 29.3 Å². The van der Waals surface area contributed by atoms with E-state index in [1.54, 1.807) is 25.7 Å². The molecular formula is C30H51N3O4. The molecule has 1 aromatic rings. The first-order valence-corrected chi connectivity index (χ1v) is 13.7. The molecule has 0 fully saturated rings. The highest BCUT2D eigenvalue weighted by atomic mass is 16.6. The molecule has 0 saturated carbocycles. The lowest BCUT2D eigenvalue weighted by Gasteiger charge is -2.43. The van der Waals surface area contributed by atoms with Gasteiger partial charge in [0.15, 0.2) is 0 Å². The zero-order valence-electron chi connectivity index (χ0n) is 25.1. The van der Waals surface area contributed by atoms with Gasteiger partial charge in [-0.15, -0.1) is 0 Å². The molecule has 2 N–H and O–H groups in total. The zero-order chi connectivity index (χ0) is 28.6. The monoisotopic (exact) mass is 517 g/mol. The summed E-state index contributed by atoms with van der Waals surface area (Å²) in [5, 5.41) is 5.86. The smallest absolute Gasteiger partial charge is 0.408 e. The fourth-order valence-corrected chi connectivity index (χ4v) is 4.19. The van der Waals surface area contributed by atoms with Crippen molar-refractivity contribution in [2.75, 3.05) is 6.54 Å². The normalized spacial score (nSPS) is 13.6. The summed E-state index contributed by atoms with van der Waals surface area (Å²) in [6.45, 7) is 21.8. The van der Waals surface area contributed by atoms with E-state index >= 15 is 0 Å². The first-order valence-electron chi connectivity index (χ1n) is 13.7. The van der Waals surface area contributed by atoms with Crippen LogP contribution < -0.4 is 10.6 Å². The van der Waals surface area contributed by atoms with Crippen LogP contribution in [0.25, 0.3) is 0 Å². The van der Waals surface area contributed by atoms with Gasteiger partial charge in [-0.1, -0.05) is 51.8 Å². The minimum Gasteiger partial charge on any atom is -0.444 e. The molecule has 3 amide bonds. The van der Waals surface area contributed by atoms with Crippen LogP contribution in [0.2, 0.25) is 0 Å². The van der Waals surface area contributed by atoms with Crippen molar-refractivity contribution in [2.24, 2.45) is 5.92 Å². The lowest BCUT2D eigenvalue weighted by molar-refractivity contribution is -0.148. The van der Waals surface area contributed by atoms with Crippen molar-refractivity contribution in [2.45, 2.75) is 125 Å². The maximum atomic E-state index is 14.2. The Morgan fingerprint density at radius 3 is 2.08 bits per heavy atom. The number of benzene rings is 1. The molecule has 2 unspecified atom stereocenters. The predicted molar refractivity (Wildman–Crippen MR) is 150 cm³/mol. The van der Waals surface area contributed by atoms with Gasteiger partial charge in [0, 0.05) is 12.1 Å². The second-order valence-corrected chi connectivity index (χ2v) is 12.5. The summed E-state index contributed by atoms with van der Waals surface area (Å²) < 4.78 is 5.46. The molecule has 0 radical (unpaired) electrons. The lowest BCUT2D eigenvalue weighted by atomic mass is 9.92. The number of hydrogen-bond acceptors (Lipinski definition) is 4. The van der Waals surface area contributed by atoms with E-state index in [-0.39, 0.29) is 17.7 Å². The molecule has 0 aliphatic carbocycles. The second kappa shape index (κ2) is 13.8. The number of nitrogens with one attached hydrogen (secondary N) is 2. The van der Waals surface area contributed by atoms with Crippen molar-refractivity contribution < 1.29 is 19.1 Å². The van der Waals surface area contributed by atoms with Gasteiger partial charge in [0.2, 0.25) is 11.8 Å². The minimum absolute atomic E-state index is 0.133. The van der Waals surface area contributed by atoms with E-state index in [9.17, 15) is 14.4 Å². The maximum absolute atomic E-state index is 14.2. The molecule has 0 aliphatic rings. The summed E-state index contributed by atoms with van der Waals surface area (Å²) in [6, 6.07) is 4.21. The molecule has 0 aliphatic heterocycles. The standard InChI is InChI=1S/C30H51N3O4/c1-12-13-14-17-31-26(34)25(23-16-15-21(4)22(5)19-23)33(29(6,7)8)27(35)24(18-20(2)3)32-28(36)37-30(9,10)11/h15-16,19-20,24-25H,12-14,17-18H2,1-11H3,(H,31,34)(H,32,36). The van der Waals surface area contributed by atoms with Gasteiger partial charge in [-0.2, -0.15) is 0 Å². The molecule has 0 heterocycles. The summed E-state index contributed by atoms with van der Waals surface area (Å²) in [5.74, 6) is -0.393. The van der Waals surface area contributed by atoms with Gasteiger partial charge in [-0.05, 0) is 90.8 Å². The highest BCUT2D eigenvalue weighted by Gasteiger charge is 2.42. The summed E-state index contributed by atoms with van der Waals surface area (Å²) in [5.41, 5.74) is 1.52.